The minimum Gasteiger partial charge on any atom is -0.497 e. The molecule has 1 saturated carbocycles. The fraction of sp³-hybridized carbons (Fsp3) is 0.462. The number of amides is 1. The van der Waals surface area contributed by atoms with Crippen molar-refractivity contribution in [2.24, 2.45) is 5.84 Å². The Morgan fingerprint density at radius 2 is 2.06 bits per heavy atom. The number of rotatable bonds is 4. The van der Waals surface area contributed by atoms with Gasteiger partial charge in [0.15, 0.2) is 0 Å². The Bertz CT molecular complexity index is 456. The van der Waals surface area contributed by atoms with Crippen LogP contribution in [0.4, 0.5) is 0 Å². The quantitative estimate of drug-likeness (QED) is 0.477. The Hall–Kier alpha value is -1.75. The molecule has 0 unspecified atom stereocenters. The highest BCUT2D eigenvalue weighted by molar-refractivity contribution is 5.89. The smallest absolute Gasteiger partial charge is 0.244 e. The standard InChI is InChI=1S/C13H18N2O3/c1-17-9-4-5-11(18-2)10(8-9)13(6-3-7-13)12(16)15-14/h4-5,8H,3,6-7,14H2,1-2H3,(H,15,16). The highest BCUT2D eigenvalue weighted by atomic mass is 16.5. The minimum atomic E-state index is -0.575. The maximum atomic E-state index is 12.1. The van der Waals surface area contributed by atoms with Gasteiger partial charge in [0.05, 0.1) is 19.6 Å². The molecule has 98 valence electrons. The number of hydrogen-bond donors (Lipinski definition) is 2. The zero-order chi connectivity index (χ0) is 13.2. The molecule has 0 aliphatic heterocycles. The summed E-state index contributed by atoms with van der Waals surface area (Å²) in [6, 6.07) is 5.49. The van der Waals surface area contributed by atoms with E-state index in [1.807, 2.05) is 18.2 Å². The molecule has 0 bridgehead atoms. The third kappa shape index (κ3) is 1.80. The summed E-state index contributed by atoms with van der Waals surface area (Å²) in [5.41, 5.74) is 2.53. The second-order valence-electron chi connectivity index (χ2n) is 4.48. The van der Waals surface area contributed by atoms with Gasteiger partial charge in [-0.1, -0.05) is 6.42 Å². The lowest BCUT2D eigenvalue weighted by Gasteiger charge is -2.40. The topological polar surface area (TPSA) is 73.6 Å². The highest BCUT2D eigenvalue weighted by Gasteiger charge is 2.47. The van der Waals surface area contributed by atoms with Crippen LogP contribution >= 0.6 is 0 Å². The molecule has 3 N–H and O–H groups in total. The number of nitrogens with one attached hydrogen (secondary N) is 1. The van der Waals surface area contributed by atoms with E-state index in [0.717, 1.165) is 24.8 Å². The van der Waals surface area contributed by atoms with Gasteiger partial charge in [-0.05, 0) is 31.0 Å². The molecule has 0 spiro atoms. The van der Waals surface area contributed by atoms with Gasteiger partial charge in [0, 0.05) is 5.56 Å². The van der Waals surface area contributed by atoms with E-state index in [9.17, 15) is 4.79 Å². The van der Waals surface area contributed by atoms with Gasteiger partial charge in [-0.3, -0.25) is 10.2 Å². The number of hydrogen-bond acceptors (Lipinski definition) is 4. The van der Waals surface area contributed by atoms with Gasteiger partial charge in [0.2, 0.25) is 5.91 Å². The molecule has 1 amide bonds. The first kappa shape index (κ1) is 12.7. The first-order valence-corrected chi connectivity index (χ1v) is 5.91. The SMILES string of the molecule is COc1ccc(OC)c(C2(C(=O)NN)CCC2)c1. The molecule has 2 rings (SSSR count). The van der Waals surface area contributed by atoms with Crippen LogP contribution in [0.1, 0.15) is 24.8 Å². The molecular formula is C13H18N2O3. The molecular weight excluding hydrogens is 232 g/mol. The summed E-state index contributed by atoms with van der Waals surface area (Å²) in [6.45, 7) is 0. The van der Waals surface area contributed by atoms with Crippen molar-refractivity contribution in [1.29, 1.82) is 0 Å². The predicted molar refractivity (Wildman–Crippen MR) is 67.4 cm³/mol. The van der Waals surface area contributed by atoms with Crippen molar-refractivity contribution in [3.63, 3.8) is 0 Å². The van der Waals surface area contributed by atoms with Gasteiger partial charge < -0.3 is 9.47 Å². The molecule has 0 atom stereocenters. The molecule has 1 aromatic carbocycles. The number of carbonyl (C=O) groups excluding carboxylic acids is 1. The Morgan fingerprint density at radius 3 is 2.50 bits per heavy atom. The number of methoxy groups -OCH3 is 2. The number of ether oxygens (including phenoxy) is 2. The Kier molecular flexibility index (Phi) is 3.43. The first-order valence-electron chi connectivity index (χ1n) is 5.91. The Balaban J connectivity index is 2.50. The second-order valence-corrected chi connectivity index (χ2v) is 4.48. The Morgan fingerprint density at radius 1 is 1.33 bits per heavy atom. The summed E-state index contributed by atoms with van der Waals surface area (Å²) >= 11 is 0. The monoisotopic (exact) mass is 250 g/mol. The van der Waals surface area contributed by atoms with Crippen LogP contribution in [0.3, 0.4) is 0 Å². The summed E-state index contributed by atoms with van der Waals surface area (Å²) in [7, 11) is 3.19. The van der Waals surface area contributed by atoms with Crippen molar-refractivity contribution >= 4 is 5.91 Å². The van der Waals surface area contributed by atoms with Crippen LogP contribution in [0.25, 0.3) is 0 Å². The normalized spacial score (nSPS) is 16.6. The largest absolute Gasteiger partial charge is 0.497 e. The number of carbonyl (C=O) groups is 1. The average molecular weight is 250 g/mol. The van der Waals surface area contributed by atoms with Crippen molar-refractivity contribution in [2.75, 3.05) is 14.2 Å². The van der Waals surface area contributed by atoms with E-state index in [1.165, 1.54) is 0 Å². The lowest BCUT2D eigenvalue weighted by molar-refractivity contribution is -0.130. The molecule has 5 heteroatoms. The van der Waals surface area contributed by atoms with Crippen LogP contribution in [0.2, 0.25) is 0 Å². The van der Waals surface area contributed by atoms with Crippen molar-refractivity contribution in [1.82, 2.24) is 5.43 Å². The number of hydrazine groups is 1. The van der Waals surface area contributed by atoms with E-state index >= 15 is 0 Å². The molecule has 5 nitrogen and oxygen atoms in total. The van der Waals surface area contributed by atoms with Crippen molar-refractivity contribution in [2.45, 2.75) is 24.7 Å². The van der Waals surface area contributed by atoms with Crippen molar-refractivity contribution in [3.05, 3.63) is 23.8 Å². The fourth-order valence-electron chi connectivity index (χ4n) is 2.48. The van der Waals surface area contributed by atoms with Gasteiger partial charge in [0.1, 0.15) is 11.5 Å². The summed E-state index contributed by atoms with van der Waals surface area (Å²) < 4.78 is 10.6. The summed E-state index contributed by atoms with van der Waals surface area (Å²) in [6.07, 6.45) is 2.56. The van der Waals surface area contributed by atoms with E-state index in [4.69, 9.17) is 15.3 Å². The van der Waals surface area contributed by atoms with E-state index < -0.39 is 5.41 Å². The Labute approximate surface area is 106 Å². The third-order valence-electron chi connectivity index (χ3n) is 3.70. The molecule has 1 aromatic rings. The summed E-state index contributed by atoms with van der Waals surface area (Å²) in [5, 5.41) is 0. The van der Waals surface area contributed by atoms with E-state index in [0.29, 0.717) is 11.5 Å². The number of nitrogens with two attached hydrogens (primary N) is 1. The predicted octanol–water partition coefficient (Wildman–Crippen LogP) is 1.12. The van der Waals surface area contributed by atoms with Crippen LogP contribution in [-0.4, -0.2) is 20.1 Å². The maximum absolute atomic E-state index is 12.1. The molecule has 0 radical (unpaired) electrons. The van der Waals surface area contributed by atoms with Crippen LogP contribution in [-0.2, 0) is 10.2 Å². The fourth-order valence-corrected chi connectivity index (χ4v) is 2.48. The van der Waals surface area contributed by atoms with Crippen molar-refractivity contribution in [3.8, 4) is 11.5 Å². The van der Waals surface area contributed by atoms with Gasteiger partial charge in [-0.2, -0.15) is 0 Å². The van der Waals surface area contributed by atoms with Crippen LogP contribution in [0.15, 0.2) is 18.2 Å². The lowest BCUT2D eigenvalue weighted by Crippen LogP contribution is -2.51. The van der Waals surface area contributed by atoms with E-state index in [-0.39, 0.29) is 5.91 Å². The zero-order valence-electron chi connectivity index (χ0n) is 10.7. The second kappa shape index (κ2) is 4.86. The first-order chi connectivity index (χ1) is 8.67. The average Bonchev–Trinajstić information content (AvgIpc) is 2.37. The number of benzene rings is 1. The van der Waals surface area contributed by atoms with E-state index in [1.54, 1.807) is 14.2 Å². The van der Waals surface area contributed by atoms with Gasteiger partial charge in [0.25, 0.3) is 0 Å². The van der Waals surface area contributed by atoms with Crippen LogP contribution < -0.4 is 20.7 Å². The van der Waals surface area contributed by atoms with E-state index in [2.05, 4.69) is 5.43 Å². The molecule has 1 aliphatic rings. The van der Waals surface area contributed by atoms with Gasteiger partial charge >= 0.3 is 0 Å². The molecule has 0 saturated heterocycles. The maximum Gasteiger partial charge on any atom is 0.244 e. The third-order valence-corrected chi connectivity index (χ3v) is 3.70. The molecule has 1 fully saturated rings. The van der Waals surface area contributed by atoms with Crippen LogP contribution in [0.5, 0.6) is 11.5 Å². The molecule has 0 heterocycles. The highest BCUT2D eigenvalue weighted by Crippen LogP contribution is 2.48. The summed E-state index contributed by atoms with van der Waals surface area (Å²) in [4.78, 5) is 12.1. The molecule has 1 aliphatic carbocycles. The van der Waals surface area contributed by atoms with Crippen molar-refractivity contribution < 1.29 is 14.3 Å². The minimum absolute atomic E-state index is 0.166. The van der Waals surface area contributed by atoms with Gasteiger partial charge in [-0.25, -0.2) is 5.84 Å². The van der Waals surface area contributed by atoms with Gasteiger partial charge in [-0.15, -0.1) is 0 Å². The lowest BCUT2D eigenvalue weighted by atomic mass is 9.63. The zero-order valence-corrected chi connectivity index (χ0v) is 10.7. The summed E-state index contributed by atoms with van der Waals surface area (Å²) in [5.74, 6) is 6.53. The van der Waals surface area contributed by atoms with Crippen LogP contribution in [0, 0.1) is 0 Å². The molecule has 0 aromatic heterocycles. The molecule has 18 heavy (non-hydrogen) atoms.